The third kappa shape index (κ3) is 42.6. The van der Waals surface area contributed by atoms with Gasteiger partial charge in [-0.05, 0) is 77.0 Å². The van der Waals surface area contributed by atoms with E-state index in [-0.39, 0.29) is 32.6 Å². The third-order valence-electron chi connectivity index (χ3n) is 8.78. The number of nitrogens with two attached hydrogens (primary N) is 1. The van der Waals surface area contributed by atoms with Gasteiger partial charge in [0.25, 0.3) is 0 Å². The zero-order chi connectivity index (χ0) is 41.8. The van der Waals surface area contributed by atoms with Gasteiger partial charge in [0.05, 0.1) is 13.2 Å². The Balaban J connectivity index is 4.29. The summed E-state index contributed by atoms with van der Waals surface area (Å²) in [5.41, 5.74) is 5.34. The van der Waals surface area contributed by atoms with Crippen LogP contribution in [0.3, 0.4) is 0 Å². The monoisotopic (exact) mass is 818 g/mol. The minimum atomic E-state index is -4.40. The van der Waals surface area contributed by atoms with Crippen LogP contribution in [0.2, 0.25) is 0 Å². The van der Waals surface area contributed by atoms with Gasteiger partial charge < -0.3 is 20.1 Å². The second kappa shape index (κ2) is 42.8. The smallest absolute Gasteiger partial charge is 0.462 e. The molecule has 0 aliphatic heterocycles. The van der Waals surface area contributed by atoms with Crippen molar-refractivity contribution in [2.45, 2.75) is 174 Å². The average Bonchev–Trinajstić information content (AvgIpc) is 3.20. The van der Waals surface area contributed by atoms with Crippen molar-refractivity contribution < 1.29 is 37.6 Å². The maximum absolute atomic E-state index is 12.6. The molecule has 0 saturated carbocycles. The molecule has 0 amide bonds. The fourth-order valence-corrected chi connectivity index (χ4v) is 6.30. The molecule has 10 heteroatoms. The molecule has 0 aromatic carbocycles. The lowest BCUT2D eigenvalue weighted by Crippen LogP contribution is -2.29. The van der Waals surface area contributed by atoms with Gasteiger partial charge in [-0.3, -0.25) is 18.6 Å². The highest BCUT2D eigenvalue weighted by Crippen LogP contribution is 2.43. The summed E-state index contributed by atoms with van der Waals surface area (Å²) in [4.78, 5) is 34.9. The van der Waals surface area contributed by atoms with Gasteiger partial charge in [-0.1, -0.05) is 163 Å². The summed E-state index contributed by atoms with van der Waals surface area (Å²) >= 11 is 0. The first-order valence-electron chi connectivity index (χ1n) is 22.1. The number of ether oxygens (including phenoxy) is 2. The minimum absolute atomic E-state index is 0.0372. The standard InChI is InChI=1S/C47H80NO8P/c1-3-5-7-9-11-13-15-17-19-21-22-24-26-28-30-32-34-36-38-40-47(50)56-45(44-55-57(51,52)54-42-41-48)43-53-46(49)39-37-35-33-31-29-27-25-23-20-18-16-14-12-10-8-6-4-2/h5,7,11,13,17-20,22,24,28,30,34,36,45H,3-4,6,8-10,12,14-16,21,23,25-27,29,31-33,35,37-44,48H2,1-2H3,(H,51,52)/b7-5-,13-11-,19-17-,20-18-,24-22-,30-28-,36-34-. The topological polar surface area (TPSA) is 134 Å². The van der Waals surface area contributed by atoms with E-state index in [4.69, 9.17) is 24.3 Å². The molecule has 57 heavy (non-hydrogen) atoms. The Hall–Kier alpha value is -2.81. The Bertz CT molecular complexity index is 1210. The number of carbonyl (C=O) groups excluding carboxylic acids is 2. The van der Waals surface area contributed by atoms with E-state index in [9.17, 15) is 19.0 Å². The molecule has 0 aliphatic carbocycles. The summed E-state index contributed by atoms with van der Waals surface area (Å²) < 4.78 is 32.7. The molecule has 0 fully saturated rings. The van der Waals surface area contributed by atoms with Crippen molar-refractivity contribution in [1.82, 2.24) is 0 Å². The van der Waals surface area contributed by atoms with E-state index in [0.717, 1.165) is 64.2 Å². The first-order valence-corrected chi connectivity index (χ1v) is 23.6. The van der Waals surface area contributed by atoms with Crippen LogP contribution in [0.4, 0.5) is 0 Å². The number of unbranched alkanes of at least 4 members (excludes halogenated alkanes) is 13. The molecule has 9 nitrogen and oxygen atoms in total. The molecule has 326 valence electrons. The molecule has 2 atom stereocenters. The van der Waals surface area contributed by atoms with Gasteiger partial charge in [0.15, 0.2) is 6.10 Å². The number of carbonyl (C=O) groups is 2. The Morgan fingerprint density at radius 2 is 1.00 bits per heavy atom. The van der Waals surface area contributed by atoms with Gasteiger partial charge in [0.1, 0.15) is 6.61 Å². The fourth-order valence-electron chi connectivity index (χ4n) is 5.54. The molecule has 0 saturated heterocycles. The van der Waals surface area contributed by atoms with E-state index in [0.29, 0.717) is 12.8 Å². The summed E-state index contributed by atoms with van der Waals surface area (Å²) in [5, 5.41) is 0. The highest BCUT2D eigenvalue weighted by atomic mass is 31.2. The Labute approximate surface area is 347 Å². The lowest BCUT2D eigenvalue weighted by molar-refractivity contribution is -0.161. The summed E-state index contributed by atoms with van der Waals surface area (Å²) in [7, 11) is -4.40. The number of allylic oxidation sites excluding steroid dienone is 14. The molecule has 0 radical (unpaired) electrons. The van der Waals surface area contributed by atoms with Crippen LogP contribution < -0.4 is 5.73 Å². The zero-order valence-electron chi connectivity index (χ0n) is 35.8. The van der Waals surface area contributed by atoms with Gasteiger partial charge in [-0.15, -0.1) is 0 Å². The van der Waals surface area contributed by atoms with Crippen LogP contribution in [0.15, 0.2) is 85.1 Å². The molecule has 0 spiro atoms. The van der Waals surface area contributed by atoms with Gasteiger partial charge in [-0.2, -0.15) is 0 Å². The van der Waals surface area contributed by atoms with Crippen molar-refractivity contribution in [3.63, 3.8) is 0 Å². The SMILES string of the molecule is CC/C=C\C/C=C\C/C=C\C/C=C\C/C=C\C/C=C\CCC(=O)OC(COC(=O)CCCCCCCCC/C=C\CCCCCCCC)COP(=O)(O)OCCN. The maximum atomic E-state index is 12.6. The number of phosphoric acid groups is 1. The number of hydrogen-bond donors (Lipinski definition) is 2. The lowest BCUT2D eigenvalue weighted by Gasteiger charge is -2.19. The van der Waals surface area contributed by atoms with Gasteiger partial charge >= 0.3 is 19.8 Å². The van der Waals surface area contributed by atoms with Crippen molar-refractivity contribution in [2.24, 2.45) is 5.73 Å². The highest BCUT2D eigenvalue weighted by Gasteiger charge is 2.25. The fraction of sp³-hybridized carbons (Fsp3) is 0.660. The third-order valence-corrected chi connectivity index (χ3v) is 9.76. The minimum Gasteiger partial charge on any atom is -0.462 e. The summed E-state index contributed by atoms with van der Waals surface area (Å²) in [6.45, 7) is 3.51. The molecule has 0 bridgehead atoms. The van der Waals surface area contributed by atoms with Crippen LogP contribution in [0.1, 0.15) is 168 Å². The van der Waals surface area contributed by atoms with E-state index in [1.165, 1.54) is 64.2 Å². The van der Waals surface area contributed by atoms with E-state index in [1.807, 2.05) is 12.2 Å². The molecule has 0 heterocycles. The van der Waals surface area contributed by atoms with Crippen LogP contribution in [-0.2, 0) is 32.7 Å². The number of rotatable bonds is 40. The molecular formula is C47H80NO8P. The largest absolute Gasteiger partial charge is 0.472 e. The highest BCUT2D eigenvalue weighted by molar-refractivity contribution is 7.47. The number of hydrogen-bond acceptors (Lipinski definition) is 8. The Morgan fingerprint density at radius 3 is 1.51 bits per heavy atom. The van der Waals surface area contributed by atoms with Crippen molar-refractivity contribution in [2.75, 3.05) is 26.4 Å². The lowest BCUT2D eigenvalue weighted by atomic mass is 10.1. The summed E-state index contributed by atoms with van der Waals surface area (Å²) in [6.07, 6.45) is 53.4. The maximum Gasteiger partial charge on any atom is 0.472 e. The van der Waals surface area contributed by atoms with E-state index < -0.39 is 32.5 Å². The quantitative estimate of drug-likeness (QED) is 0.0268. The van der Waals surface area contributed by atoms with Gasteiger partial charge in [0, 0.05) is 19.4 Å². The molecular weight excluding hydrogens is 737 g/mol. The molecule has 0 aliphatic rings. The Morgan fingerprint density at radius 1 is 0.544 bits per heavy atom. The molecule has 0 aromatic rings. The van der Waals surface area contributed by atoms with Crippen molar-refractivity contribution in [1.29, 1.82) is 0 Å². The molecule has 0 rings (SSSR count). The first kappa shape index (κ1) is 54.2. The van der Waals surface area contributed by atoms with Crippen molar-refractivity contribution >= 4 is 19.8 Å². The van der Waals surface area contributed by atoms with Crippen LogP contribution in [0.25, 0.3) is 0 Å². The van der Waals surface area contributed by atoms with Crippen LogP contribution in [0.5, 0.6) is 0 Å². The van der Waals surface area contributed by atoms with E-state index in [1.54, 1.807) is 0 Å². The zero-order valence-corrected chi connectivity index (χ0v) is 36.7. The van der Waals surface area contributed by atoms with Crippen LogP contribution in [0, 0.1) is 0 Å². The van der Waals surface area contributed by atoms with E-state index in [2.05, 4.69) is 86.8 Å². The summed E-state index contributed by atoms with van der Waals surface area (Å²) in [6, 6.07) is 0. The normalized spacial score (nSPS) is 14.1. The predicted octanol–water partition coefficient (Wildman–Crippen LogP) is 12.8. The molecule has 0 aromatic heterocycles. The van der Waals surface area contributed by atoms with Gasteiger partial charge in [0.2, 0.25) is 0 Å². The average molecular weight is 818 g/mol. The molecule has 3 N–H and O–H groups in total. The van der Waals surface area contributed by atoms with Crippen molar-refractivity contribution in [3.8, 4) is 0 Å². The van der Waals surface area contributed by atoms with E-state index >= 15 is 0 Å². The Kier molecular flexibility index (Phi) is 40.7. The first-order chi connectivity index (χ1) is 27.8. The van der Waals surface area contributed by atoms with Crippen molar-refractivity contribution in [3.05, 3.63) is 85.1 Å². The summed E-state index contributed by atoms with van der Waals surface area (Å²) in [5.74, 6) is -0.938. The number of esters is 2. The predicted molar refractivity (Wildman–Crippen MR) is 238 cm³/mol. The molecule has 2 unspecified atom stereocenters. The van der Waals surface area contributed by atoms with Crippen LogP contribution >= 0.6 is 7.82 Å². The second-order valence-corrected chi connectivity index (χ2v) is 15.6. The van der Waals surface area contributed by atoms with Crippen LogP contribution in [-0.4, -0.2) is 49.3 Å². The van der Waals surface area contributed by atoms with Gasteiger partial charge in [-0.25, -0.2) is 4.57 Å². The number of phosphoric ester groups is 1. The second-order valence-electron chi connectivity index (χ2n) is 14.2.